The first-order valence-electron chi connectivity index (χ1n) is 5.77. The summed E-state index contributed by atoms with van der Waals surface area (Å²) in [6.45, 7) is 1.15. The third-order valence-corrected chi connectivity index (χ3v) is 2.82. The van der Waals surface area contributed by atoms with Gasteiger partial charge in [0.25, 0.3) is 0 Å². The predicted molar refractivity (Wildman–Crippen MR) is 67.1 cm³/mol. The van der Waals surface area contributed by atoms with E-state index in [0.29, 0.717) is 24.6 Å². The fourth-order valence-electron chi connectivity index (χ4n) is 1.80. The van der Waals surface area contributed by atoms with Crippen molar-refractivity contribution in [2.24, 2.45) is 17.9 Å². The van der Waals surface area contributed by atoms with Gasteiger partial charge in [0.05, 0.1) is 24.4 Å². The molecule has 2 amide bonds. The van der Waals surface area contributed by atoms with Crippen LogP contribution in [0.4, 0.5) is 10.6 Å². The minimum Gasteiger partial charge on any atom is -0.409 e. The number of amidine groups is 1. The van der Waals surface area contributed by atoms with Crippen molar-refractivity contribution in [3.05, 3.63) is 11.8 Å². The number of carbonyl (C=O) groups is 1. The standard InChI is InChI=1S/C10H16N6O3/c1-16-9(7(4-12-16)8(11)15-18)14-10(17)13-6-2-3-19-5-6/h4,6,18H,2-3,5H2,1H3,(H2,11,15)(H2,13,14,17). The van der Waals surface area contributed by atoms with Gasteiger partial charge >= 0.3 is 6.03 Å². The maximum atomic E-state index is 11.8. The molecule has 9 nitrogen and oxygen atoms in total. The molecule has 1 aromatic rings. The molecule has 1 aromatic heterocycles. The number of rotatable bonds is 3. The normalized spacial score (nSPS) is 19.4. The monoisotopic (exact) mass is 268 g/mol. The second-order valence-corrected chi connectivity index (χ2v) is 4.17. The summed E-state index contributed by atoms with van der Waals surface area (Å²) in [7, 11) is 1.64. The number of hydrogen-bond donors (Lipinski definition) is 4. The average Bonchev–Trinajstić information content (AvgIpc) is 3.00. The smallest absolute Gasteiger partial charge is 0.320 e. The van der Waals surface area contributed by atoms with Crippen LogP contribution in [0, 0.1) is 0 Å². The van der Waals surface area contributed by atoms with Crippen LogP contribution in [0.15, 0.2) is 11.4 Å². The number of nitrogens with two attached hydrogens (primary N) is 1. The Kier molecular flexibility index (Phi) is 3.85. The first-order chi connectivity index (χ1) is 9.11. The predicted octanol–water partition coefficient (Wildman–Crippen LogP) is -0.575. The molecular formula is C10H16N6O3. The van der Waals surface area contributed by atoms with E-state index in [2.05, 4.69) is 20.9 Å². The van der Waals surface area contributed by atoms with E-state index >= 15 is 0 Å². The van der Waals surface area contributed by atoms with Gasteiger partial charge in [0.2, 0.25) is 0 Å². The Morgan fingerprint density at radius 3 is 3.16 bits per heavy atom. The summed E-state index contributed by atoms with van der Waals surface area (Å²) in [4.78, 5) is 11.8. The van der Waals surface area contributed by atoms with Crippen LogP contribution in [-0.2, 0) is 11.8 Å². The number of ether oxygens (including phenoxy) is 1. The second kappa shape index (κ2) is 5.57. The van der Waals surface area contributed by atoms with Crippen LogP contribution in [0.2, 0.25) is 0 Å². The van der Waals surface area contributed by atoms with E-state index in [1.165, 1.54) is 10.9 Å². The lowest BCUT2D eigenvalue weighted by Crippen LogP contribution is -2.39. The quantitative estimate of drug-likeness (QED) is 0.252. The van der Waals surface area contributed by atoms with E-state index in [0.717, 1.165) is 6.42 Å². The third-order valence-electron chi connectivity index (χ3n) is 2.82. The number of aryl methyl sites for hydroxylation is 1. The van der Waals surface area contributed by atoms with Gasteiger partial charge in [-0.15, -0.1) is 0 Å². The number of amides is 2. The Labute approximate surface area is 109 Å². The topological polar surface area (TPSA) is 127 Å². The van der Waals surface area contributed by atoms with Crippen LogP contribution in [0.5, 0.6) is 0 Å². The van der Waals surface area contributed by atoms with E-state index in [9.17, 15) is 4.79 Å². The highest BCUT2D eigenvalue weighted by Gasteiger charge is 2.20. The number of oxime groups is 1. The van der Waals surface area contributed by atoms with Crippen LogP contribution in [0.25, 0.3) is 0 Å². The van der Waals surface area contributed by atoms with Crippen LogP contribution in [0.1, 0.15) is 12.0 Å². The molecule has 0 aromatic carbocycles. The Balaban J connectivity index is 2.05. The number of nitrogens with one attached hydrogen (secondary N) is 2. The molecule has 104 valence electrons. The molecule has 5 N–H and O–H groups in total. The molecule has 19 heavy (non-hydrogen) atoms. The average molecular weight is 268 g/mol. The molecule has 2 rings (SSSR count). The largest absolute Gasteiger partial charge is 0.409 e. The number of nitrogens with zero attached hydrogens (tertiary/aromatic N) is 3. The molecule has 9 heteroatoms. The van der Waals surface area contributed by atoms with Gasteiger partial charge in [-0.1, -0.05) is 5.16 Å². The summed E-state index contributed by atoms with van der Waals surface area (Å²) in [6.07, 6.45) is 2.19. The first kappa shape index (κ1) is 13.1. The molecule has 2 heterocycles. The van der Waals surface area contributed by atoms with Crippen molar-refractivity contribution in [3.8, 4) is 0 Å². The summed E-state index contributed by atoms with van der Waals surface area (Å²) >= 11 is 0. The van der Waals surface area contributed by atoms with Gasteiger partial charge in [0, 0.05) is 13.7 Å². The zero-order valence-corrected chi connectivity index (χ0v) is 10.5. The van der Waals surface area contributed by atoms with Gasteiger partial charge < -0.3 is 21.0 Å². The lowest BCUT2D eigenvalue weighted by molar-refractivity contribution is 0.189. The van der Waals surface area contributed by atoms with Crippen molar-refractivity contribution in [2.45, 2.75) is 12.5 Å². The van der Waals surface area contributed by atoms with Crippen molar-refractivity contribution in [1.82, 2.24) is 15.1 Å². The van der Waals surface area contributed by atoms with Gasteiger partial charge in [0.15, 0.2) is 5.84 Å². The van der Waals surface area contributed by atoms with Gasteiger partial charge in [0.1, 0.15) is 5.82 Å². The lowest BCUT2D eigenvalue weighted by atomic mass is 10.3. The number of carbonyl (C=O) groups excluding carboxylic acids is 1. The van der Waals surface area contributed by atoms with Crippen molar-refractivity contribution in [1.29, 1.82) is 0 Å². The maximum Gasteiger partial charge on any atom is 0.320 e. The summed E-state index contributed by atoms with van der Waals surface area (Å²) in [5, 5.41) is 20.9. The number of hydrogen-bond acceptors (Lipinski definition) is 5. The summed E-state index contributed by atoms with van der Waals surface area (Å²) < 4.78 is 6.59. The maximum absolute atomic E-state index is 11.8. The van der Waals surface area contributed by atoms with Crippen molar-refractivity contribution in [3.63, 3.8) is 0 Å². The first-order valence-corrected chi connectivity index (χ1v) is 5.77. The second-order valence-electron chi connectivity index (χ2n) is 4.17. The van der Waals surface area contributed by atoms with Crippen molar-refractivity contribution < 1.29 is 14.7 Å². The van der Waals surface area contributed by atoms with E-state index in [1.54, 1.807) is 7.05 Å². The van der Waals surface area contributed by atoms with E-state index in [-0.39, 0.29) is 17.9 Å². The molecule has 1 aliphatic rings. The SMILES string of the molecule is Cn1ncc(C(N)=NO)c1NC(=O)NC1CCOC1. The van der Waals surface area contributed by atoms with Crippen LogP contribution in [-0.4, -0.2) is 46.1 Å². The molecular weight excluding hydrogens is 252 g/mol. The molecule has 1 fully saturated rings. The Hall–Kier alpha value is -2.29. The molecule has 0 radical (unpaired) electrons. The summed E-state index contributed by atoms with van der Waals surface area (Å²) in [6, 6.07) is -0.383. The van der Waals surface area contributed by atoms with Crippen molar-refractivity contribution in [2.75, 3.05) is 18.5 Å². The van der Waals surface area contributed by atoms with Gasteiger partial charge in [-0.3, -0.25) is 10.00 Å². The minimum atomic E-state index is -0.383. The van der Waals surface area contributed by atoms with Crippen LogP contribution in [0.3, 0.4) is 0 Å². The highest BCUT2D eigenvalue weighted by Crippen LogP contribution is 2.13. The lowest BCUT2D eigenvalue weighted by Gasteiger charge is -2.12. The van der Waals surface area contributed by atoms with E-state index in [1.807, 2.05) is 0 Å². The van der Waals surface area contributed by atoms with Gasteiger partial charge in [-0.05, 0) is 6.42 Å². The van der Waals surface area contributed by atoms with Crippen LogP contribution < -0.4 is 16.4 Å². The third kappa shape index (κ3) is 2.94. The minimum absolute atomic E-state index is 0.000494. The summed E-state index contributed by atoms with van der Waals surface area (Å²) in [5.74, 6) is 0.235. The molecule has 1 aliphatic heterocycles. The van der Waals surface area contributed by atoms with Gasteiger partial charge in [-0.2, -0.15) is 5.10 Å². The van der Waals surface area contributed by atoms with Gasteiger partial charge in [-0.25, -0.2) is 4.79 Å². The Bertz CT molecular complexity index is 491. The molecule has 0 saturated carbocycles. The number of urea groups is 1. The van der Waals surface area contributed by atoms with E-state index < -0.39 is 0 Å². The molecule has 0 aliphatic carbocycles. The Morgan fingerprint density at radius 1 is 1.74 bits per heavy atom. The highest BCUT2D eigenvalue weighted by molar-refractivity contribution is 6.04. The van der Waals surface area contributed by atoms with Crippen molar-refractivity contribution >= 4 is 17.7 Å². The fourth-order valence-corrected chi connectivity index (χ4v) is 1.80. The number of aromatic nitrogens is 2. The summed E-state index contributed by atoms with van der Waals surface area (Å²) in [5.41, 5.74) is 5.85. The highest BCUT2D eigenvalue weighted by atomic mass is 16.5. The zero-order chi connectivity index (χ0) is 13.8. The molecule has 1 atom stereocenters. The van der Waals surface area contributed by atoms with E-state index in [4.69, 9.17) is 15.7 Å². The number of anilines is 1. The molecule has 0 spiro atoms. The Morgan fingerprint density at radius 2 is 2.53 bits per heavy atom. The fraction of sp³-hybridized carbons (Fsp3) is 0.500. The molecule has 1 saturated heterocycles. The van der Waals surface area contributed by atoms with Crippen LogP contribution >= 0.6 is 0 Å². The molecule has 1 unspecified atom stereocenters. The molecule has 0 bridgehead atoms. The zero-order valence-electron chi connectivity index (χ0n) is 10.5.